The molecule has 0 aromatic rings. The van der Waals surface area contributed by atoms with Crippen molar-refractivity contribution in [2.24, 2.45) is 5.92 Å². The fourth-order valence-corrected chi connectivity index (χ4v) is 1.13. The van der Waals surface area contributed by atoms with Crippen molar-refractivity contribution < 1.29 is 13.9 Å². The number of halogens is 1. The third kappa shape index (κ3) is 6.26. The molecule has 0 radical (unpaired) electrons. The topological polar surface area (TPSA) is 26.3 Å². The van der Waals surface area contributed by atoms with Crippen molar-refractivity contribution in [3.05, 3.63) is 11.9 Å². The maximum Gasteiger partial charge on any atom is 0.367 e. The van der Waals surface area contributed by atoms with E-state index in [0.29, 0.717) is 0 Å². The van der Waals surface area contributed by atoms with Crippen LogP contribution in [0.25, 0.3) is 0 Å². The van der Waals surface area contributed by atoms with Crippen molar-refractivity contribution in [2.75, 3.05) is 0 Å². The molecule has 0 atom stereocenters. The van der Waals surface area contributed by atoms with E-state index < -0.39 is 17.4 Å². The van der Waals surface area contributed by atoms with E-state index in [1.165, 1.54) is 6.08 Å². The van der Waals surface area contributed by atoms with E-state index in [1.54, 1.807) is 20.8 Å². The van der Waals surface area contributed by atoms with Crippen molar-refractivity contribution in [1.29, 1.82) is 0 Å². The van der Waals surface area contributed by atoms with Gasteiger partial charge in [-0.3, -0.25) is 0 Å². The number of carbonyl (C=O) groups is 1. The van der Waals surface area contributed by atoms with Gasteiger partial charge in [-0.15, -0.1) is 0 Å². The van der Waals surface area contributed by atoms with Gasteiger partial charge in [0, 0.05) is 0 Å². The molecular weight excluding hydrogens is 195 g/mol. The molecule has 88 valence electrons. The summed E-state index contributed by atoms with van der Waals surface area (Å²) in [6, 6.07) is 0. The standard InChI is InChI=1S/C12H21FO2/c1-6-9(7-2)8-10(13)11(14)15-12(3,4)5/h8-9H,6-7H2,1-5H3/b10-8-. The lowest BCUT2D eigenvalue weighted by molar-refractivity contribution is -0.151. The first-order chi connectivity index (χ1) is 6.80. The highest BCUT2D eigenvalue weighted by molar-refractivity contribution is 5.86. The highest BCUT2D eigenvalue weighted by Crippen LogP contribution is 2.16. The molecule has 0 heterocycles. The van der Waals surface area contributed by atoms with E-state index in [2.05, 4.69) is 0 Å². The second-order valence-corrected chi connectivity index (χ2v) is 4.59. The van der Waals surface area contributed by atoms with Crippen LogP contribution in [-0.4, -0.2) is 11.6 Å². The molecule has 0 aliphatic rings. The van der Waals surface area contributed by atoms with Gasteiger partial charge in [0.2, 0.25) is 5.83 Å². The Balaban J connectivity index is 4.43. The molecular formula is C12H21FO2. The summed E-state index contributed by atoms with van der Waals surface area (Å²) >= 11 is 0. The minimum Gasteiger partial charge on any atom is -0.455 e. The zero-order valence-electron chi connectivity index (χ0n) is 10.3. The highest BCUT2D eigenvalue weighted by atomic mass is 19.1. The van der Waals surface area contributed by atoms with E-state index in [0.717, 1.165) is 12.8 Å². The maximum absolute atomic E-state index is 13.3. The van der Waals surface area contributed by atoms with E-state index in [-0.39, 0.29) is 5.92 Å². The van der Waals surface area contributed by atoms with Crippen molar-refractivity contribution in [2.45, 2.75) is 53.1 Å². The number of allylic oxidation sites excluding steroid dienone is 1. The summed E-state index contributed by atoms with van der Waals surface area (Å²) in [5.74, 6) is -1.54. The van der Waals surface area contributed by atoms with Crippen molar-refractivity contribution >= 4 is 5.97 Å². The first kappa shape index (κ1) is 14.1. The van der Waals surface area contributed by atoms with Crippen LogP contribution in [0.5, 0.6) is 0 Å². The third-order valence-corrected chi connectivity index (χ3v) is 2.02. The van der Waals surface area contributed by atoms with Gasteiger partial charge in [0.25, 0.3) is 0 Å². The second kappa shape index (κ2) is 5.89. The Morgan fingerprint density at radius 3 is 2.13 bits per heavy atom. The van der Waals surface area contributed by atoms with Gasteiger partial charge in [-0.1, -0.05) is 13.8 Å². The van der Waals surface area contributed by atoms with Crippen molar-refractivity contribution in [3.63, 3.8) is 0 Å². The Hall–Kier alpha value is -0.860. The van der Waals surface area contributed by atoms with E-state index in [4.69, 9.17) is 4.74 Å². The molecule has 2 nitrogen and oxygen atoms in total. The summed E-state index contributed by atoms with van der Waals surface area (Å²) in [7, 11) is 0. The predicted molar refractivity (Wildman–Crippen MR) is 59.1 cm³/mol. The van der Waals surface area contributed by atoms with Gasteiger partial charge in [-0.2, -0.15) is 4.39 Å². The minimum atomic E-state index is -0.866. The van der Waals surface area contributed by atoms with Crippen LogP contribution in [0, 0.1) is 5.92 Å². The van der Waals surface area contributed by atoms with Gasteiger partial charge in [-0.25, -0.2) is 4.79 Å². The van der Waals surface area contributed by atoms with Gasteiger partial charge in [0.1, 0.15) is 5.60 Å². The maximum atomic E-state index is 13.3. The van der Waals surface area contributed by atoms with Gasteiger partial charge in [0.15, 0.2) is 0 Å². The minimum absolute atomic E-state index is 0.109. The van der Waals surface area contributed by atoms with Gasteiger partial charge in [-0.05, 0) is 45.6 Å². The molecule has 0 aromatic heterocycles. The Labute approximate surface area is 91.5 Å². The van der Waals surface area contributed by atoms with E-state index in [9.17, 15) is 9.18 Å². The average Bonchev–Trinajstić information content (AvgIpc) is 2.10. The third-order valence-electron chi connectivity index (χ3n) is 2.02. The Bertz CT molecular complexity index is 234. The van der Waals surface area contributed by atoms with Crippen molar-refractivity contribution in [3.8, 4) is 0 Å². The van der Waals surface area contributed by atoms with Gasteiger partial charge in [0.05, 0.1) is 0 Å². The zero-order chi connectivity index (χ0) is 12.1. The summed E-state index contributed by atoms with van der Waals surface area (Å²) in [4.78, 5) is 11.3. The summed E-state index contributed by atoms with van der Waals surface area (Å²) in [6.07, 6.45) is 3.01. The lowest BCUT2D eigenvalue weighted by Gasteiger charge is -2.19. The summed E-state index contributed by atoms with van der Waals surface area (Å²) in [6.45, 7) is 9.08. The van der Waals surface area contributed by atoms with Crippen LogP contribution in [0.3, 0.4) is 0 Å². The molecule has 0 unspecified atom stereocenters. The lowest BCUT2D eigenvalue weighted by Crippen LogP contribution is -2.24. The van der Waals surface area contributed by atoms with Crippen LogP contribution in [0.4, 0.5) is 4.39 Å². The molecule has 15 heavy (non-hydrogen) atoms. The zero-order valence-corrected chi connectivity index (χ0v) is 10.3. The molecule has 0 rings (SSSR count). The highest BCUT2D eigenvalue weighted by Gasteiger charge is 2.20. The molecule has 0 aromatic carbocycles. The molecule has 0 fully saturated rings. The molecule has 0 aliphatic heterocycles. The average molecular weight is 216 g/mol. The van der Waals surface area contributed by atoms with Gasteiger partial charge >= 0.3 is 5.97 Å². The number of hydrogen-bond donors (Lipinski definition) is 0. The smallest absolute Gasteiger partial charge is 0.367 e. The molecule has 3 heteroatoms. The number of hydrogen-bond acceptors (Lipinski definition) is 2. The van der Waals surface area contributed by atoms with Crippen LogP contribution < -0.4 is 0 Å². The van der Waals surface area contributed by atoms with Crippen LogP contribution in [0.2, 0.25) is 0 Å². The Kier molecular flexibility index (Phi) is 5.55. The fourth-order valence-electron chi connectivity index (χ4n) is 1.13. The van der Waals surface area contributed by atoms with Crippen LogP contribution in [0.1, 0.15) is 47.5 Å². The van der Waals surface area contributed by atoms with E-state index in [1.807, 2.05) is 13.8 Å². The lowest BCUT2D eigenvalue weighted by atomic mass is 10.0. The number of ether oxygens (including phenoxy) is 1. The largest absolute Gasteiger partial charge is 0.455 e. The van der Waals surface area contributed by atoms with Gasteiger partial charge < -0.3 is 4.74 Å². The first-order valence-corrected chi connectivity index (χ1v) is 5.40. The van der Waals surface area contributed by atoms with Crippen molar-refractivity contribution in [1.82, 2.24) is 0 Å². The molecule has 0 N–H and O–H groups in total. The quantitative estimate of drug-likeness (QED) is 0.530. The molecule has 0 amide bonds. The second-order valence-electron chi connectivity index (χ2n) is 4.59. The Morgan fingerprint density at radius 1 is 1.33 bits per heavy atom. The number of carbonyl (C=O) groups excluding carboxylic acids is 1. The van der Waals surface area contributed by atoms with E-state index >= 15 is 0 Å². The summed E-state index contributed by atoms with van der Waals surface area (Å²) in [5.41, 5.74) is -0.643. The molecule has 0 bridgehead atoms. The molecule has 0 spiro atoms. The molecule has 0 aliphatic carbocycles. The number of rotatable bonds is 4. The normalized spacial score (nSPS) is 13.1. The molecule has 0 saturated heterocycles. The van der Waals surface area contributed by atoms with Crippen LogP contribution >= 0.6 is 0 Å². The SMILES string of the molecule is CCC(/C=C(\F)C(=O)OC(C)(C)C)CC. The Morgan fingerprint density at radius 2 is 1.80 bits per heavy atom. The summed E-state index contributed by atoms with van der Waals surface area (Å²) in [5, 5.41) is 0. The fraction of sp³-hybridized carbons (Fsp3) is 0.750. The number of esters is 1. The first-order valence-electron chi connectivity index (χ1n) is 5.40. The van der Waals surface area contributed by atoms with Crippen LogP contribution in [0.15, 0.2) is 11.9 Å². The molecule has 0 saturated carbocycles. The predicted octanol–water partition coefficient (Wildman–Crippen LogP) is 3.62. The monoisotopic (exact) mass is 216 g/mol. The summed E-state index contributed by atoms with van der Waals surface area (Å²) < 4.78 is 18.2. The van der Waals surface area contributed by atoms with Crippen LogP contribution in [-0.2, 0) is 9.53 Å².